The fraction of sp³-hybridized carbons (Fsp3) is 1.00. The van der Waals surface area contributed by atoms with E-state index in [1.54, 1.807) is 0 Å². The molecule has 2 saturated carbocycles. The lowest BCUT2D eigenvalue weighted by Crippen LogP contribution is -2.41. The van der Waals surface area contributed by atoms with Gasteiger partial charge in [-0.3, -0.25) is 4.84 Å². The lowest BCUT2D eigenvalue weighted by molar-refractivity contribution is 0.0724. The maximum absolute atomic E-state index is 11.9. The molecule has 4 aliphatic rings. The van der Waals surface area contributed by atoms with Crippen molar-refractivity contribution in [3.63, 3.8) is 0 Å². The van der Waals surface area contributed by atoms with Gasteiger partial charge in [0.15, 0.2) is 5.72 Å². The average molecular weight is 229 g/mol. The zero-order chi connectivity index (χ0) is 10.7. The Kier molecular flexibility index (Phi) is 1.13. The molecule has 84 valence electrons. The van der Waals surface area contributed by atoms with Gasteiger partial charge in [-0.15, -0.1) is 0 Å². The third kappa shape index (κ3) is 0.626. The van der Waals surface area contributed by atoms with Crippen LogP contribution in [0.5, 0.6) is 0 Å². The lowest BCUT2D eigenvalue weighted by atomic mass is 9.68. The van der Waals surface area contributed by atoms with Gasteiger partial charge in [0.1, 0.15) is 0 Å². The number of sulfonamides is 1. The molecule has 0 aromatic heterocycles. The Morgan fingerprint density at radius 1 is 1.40 bits per heavy atom. The summed E-state index contributed by atoms with van der Waals surface area (Å²) in [6.45, 7) is 4.44. The van der Waals surface area contributed by atoms with Gasteiger partial charge in [-0.25, -0.2) is 8.42 Å². The van der Waals surface area contributed by atoms with Crippen LogP contribution in [-0.4, -0.2) is 24.4 Å². The van der Waals surface area contributed by atoms with Crippen LogP contribution >= 0.6 is 0 Å². The Morgan fingerprint density at radius 2 is 2.13 bits per heavy atom. The highest BCUT2D eigenvalue weighted by Gasteiger charge is 2.88. The van der Waals surface area contributed by atoms with Crippen LogP contribution in [0.3, 0.4) is 0 Å². The van der Waals surface area contributed by atoms with Crippen molar-refractivity contribution in [3.05, 3.63) is 0 Å². The van der Waals surface area contributed by atoms with E-state index in [4.69, 9.17) is 4.84 Å². The smallest absolute Gasteiger partial charge is 0.239 e. The number of rotatable bonds is 0. The Morgan fingerprint density at radius 3 is 2.67 bits per heavy atom. The Bertz CT molecular complexity index is 471. The van der Waals surface area contributed by atoms with Gasteiger partial charge in [-0.05, 0) is 35.1 Å². The number of fused-ring (bicyclic) bond motifs is 1. The van der Waals surface area contributed by atoms with Crippen LogP contribution in [0.2, 0.25) is 0 Å². The van der Waals surface area contributed by atoms with Crippen LogP contribution in [0.25, 0.3) is 0 Å². The Hall–Kier alpha value is -0.130. The van der Waals surface area contributed by atoms with Crippen LogP contribution < -0.4 is 0 Å². The third-order valence-corrected chi connectivity index (χ3v) is 7.35. The van der Waals surface area contributed by atoms with E-state index in [1.807, 2.05) is 0 Å². The molecule has 5 heteroatoms. The average Bonchev–Trinajstić information content (AvgIpc) is 2.70. The summed E-state index contributed by atoms with van der Waals surface area (Å²) in [7, 11) is -3.12. The molecule has 15 heavy (non-hydrogen) atoms. The zero-order valence-electron chi connectivity index (χ0n) is 8.99. The summed E-state index contributed by atoms with van der Waals surface area (Å²) in [5.41, 5.74) is -0.424. The van der Waals surface area contributed by atoms with E-state index in [-0.39, 0.29) is 10.8 Å². The maximum Gasteiger partial charge on any atom is 0.239 e. The van der Waals surface area contributed by atoms with Crippen molar-refractivity contribution in [2.45, 2.75) is 38.8 Å². The molecular formula is C10H15NO3S. The first-order chi connectivity index (χ1) is 6.86. The first-order valence-corrected chi connectivity index (χ1v) is 7.19. The van der Waals surface area contributed by atoms with Gasteiger partial charge >= 0.3 is 0 Å². The standard InChI is InChI=1S/C10H15NO3S/c1-8(2)7-3-4-9(8)6-15(12,13)11-10(9,5-7)14-11/h7H,3-6H2,1-2H3/t7-,9+,10?,11?/m1/s1. The summed E-state index contributed by atoms with van der Waals surface area (Å²) in [6.07, 6.45) is 3.10. The van der Waals surface area contributed by atoms with Gasteiger partial charge in [0.05, 0.1) is 5.75 Å². The second kappa shape index (κ2) is 1.89. The molecule has 2 aliphatic heterocycles. The fourth-order valence-electron chi connectivity index (χ4n) is 4.59. The molecule has 4 nitrogen and oxygen atoms in total. The van der Waals surface area contributed by atoms with Gasteiger partial charge in [-0.2, -0.15) is 0 Å². The summed E-state index contributed by atoms with van der Waals surface area (Å²) in [6, 6.07) is 0. The molecule has 4 rings (SSSR count). The predicted octanol–water partition coefficient (Wildman–Crippen LogP) is 1.10. The topological polar surface area (TPSA) is 49.7 Å². The second-order valence-corrected chi connectivity index (χ2v) is 7.89. The minimum absolute atomic E-state index is 0.116. The van der Waals surface area contributed by atoms with Gasteiger partial charge in [0.25, 0.3) is 0 Å². The maximum atomic E-state index is 11.9. The highest BCUT2D eigenvalue weighted by molar-refractivity contribution is 7.89. The summed E-state index contributed by atoms with van der Waals surface area (Å²) >= 11 is 0. The Labute approximate surface area is 89.6 Å². The highest BCUT2D eigenvalue weighted by atomic mass is 32.2. The molecule has 2 heterocycles. The van der Waals surface area contributed by atoms with Crippen LogP contribution in [0.1, 0.15) is 33.1 Å². The normalized spacial score (nSPS) is 61.5. The Balaban J connectivity index is 1.99. The quantitative estimate of drug-likeness (QED) is 0.584. The molecule has 0 aromatic rings. The molecule has 2 aliphatic carbocycles. The van der Waals surface area contributed by atoms with Crippen molar-refractivity contribution in [2.75, 3.05) is 5.75 Å². The van der Waals surface area contributed by atoms with Crippen LogP contribution in [-0.2, 0) is 14.9 Å². The van der Waals surface area contributed by atoms with E-state index in [2.05, 4.69) is 13.8 Å². The SMILES string of the molecule is CC1(C)[C@@H]2CC[C@]13CS(=O)(=O)N1OC13C2. The number of hydroxylamine groups is 1. The molecule has 2 unspecified atom stereocenters. The minimum Gasteiger partial charge on any atom is -0.255 e. The van der Waals surface area contributed by atoms with Crippen LogP contribution in [0.15, 0.2) is 0 Å². The molecule has 4 fully saturated rings. The van der Waals surface area contributed by atoms with Crippen molar-refractivity contribution < 1.29 is 13.3 Å². The van der Waals surface area contributed by atoms with Crippen molar-refractivity contribution >= 4 is 10.0 Å². The van der Waals surface area contributed by atoms with Crippen molar-refractivity contribution in [3.8, 4) is 0 Å². The molecule has 0 aromatic carbocycles. The van der Waals surface area contributed by atoms with Crippen molar-refractivity contribution in [1.29, 1.82) is 0 Å². The number of hydrogen-bond acceptors (Lipinski definition) is 3. The molecule has 0 radical (unpaired) electrons. The molecule has 2 bridgehead atoms. The summed E-state index contributed by atoms with van der Waals surface area (Å²) in [4.78, 5) is 5.49. The number of nitrogens with zero attached hydrogens (tertiary/aromatic N) is 1. The number of hydrogen-bond donors (Lipinski definition) is 0. The highest BCUT2D eigenvalue weighted by Crippen LogP contribution is 2.80. The van der Waals surface area contributed by atoms with Crippen molar-refractivity contribution in [1.82, 2.24) is 4.47 Å². The second-order valence-electron chi connectivity index (χ2n) is 6.10. The lowest BCUT2D eigenvalue weighted by Gasteiger charge is -2.36. The minimum atomic E-state index is -3.12. The molecule has 4 atom stereocenters. The van der Waals surface area contributed by atoms with Gasteiger partial charge < -0.3 is 0 Å². The monoisotopic (exact) mass is 229 g/mol. The first kappa shape index (κ1) is 8.96. The molecule has 2 spiro atoms. The van der Waals surface area contributed by atoms with Gasteiger partial charge in [-0.1, -0.05) is 13.8 Å². The zero-order valence-corrected chi connectivity index (χ0v) is 9.80. The molecule has 0 N–H and O–H groups in total. The van der Waals surface area contributed by atoms with E-state index in [1.165, 1.54) is 10.9 Å². The third-order valence-electron chi connectivity index (χ3n) is 5.62. The molecule has 2 saturated heterocycles. The summed E-state index contributed by atoms with van der Waals surface area (Å²) in [5.74, 6) is 0.946. The predicted molar refractivity (Wildman–Crippen MR) is 53.0 cm³/mol. The van der Waals surface area contributed by atoms with E-state index in [0.717, 1.165) is 12.8 Å². The largest absolute Gasteiger partial charge is 0.255 e. The van der Waals surface area contributed by atoms with Gasteiger partial charge in [0, 0.05) is 5.41 Å². The summed E-state index contributed by atoms with van der Waals surface area (Å²) < 4.78 is 25.1. The molecule has 0 amide bonds. The van der Waals surface area contributed by atoms with Gasteiger partial charge in [0.2, 0.25) is 10.0 Å². The van der Waals surface area contributed by atoms with Crippen molar-refractivity contribution in [2.24, 2.45) is 16.7 Å². The fourth-order valence-corrected chi connectivity index (χ4v) is 7.01. The first-order valence-electron chi connectivity index (χ1n) is 5.58. The van der Waals surface area contributed by atoms with Crippen LogP contribution in [0.4, 0.5) is 0 Å². The van der Waals surface area contributed by atoms with E-state index >= 15 is 0 Å². The summed E-state index contributed by atoms with van der Waals surface area (Å²) in [5, 5.41) is 0. The van der Waals surface area contributed by atoms with E-state index in [0.29, 0.717) is 11.7 Å². The van der Waals surface area contributed by atoms with E-state index in [9.17, 15) is 8.42 Å². The van der Waals surface area contributed by atoms with Crippen LogP contribution in [0, 0.1) is 16.7 Å². The van der Waals surface area contributed by atoms with E-state index < -0.39 is 15.7 Å². The molecular weight excluding hydrogens is 214 g/mol.